The highest BCUT2D eigenvalue weighted by atomic mass is 16.3. The van der Waals surface area contributed by atoms with Crippen molar-refractivity contribution in [3.05, 3.63) is 35.4 Å². The number of rotatable bonds is 10. The van der Waals surface area contributed by atoms with Gasteiger partial charge in [0.05, 0.1) is 5.60 Å². The summed E-state index contributed by atoms with van der Waals surface area (Å²) in [7, 11) is 0. The molecule has 1 aromatic carbocycles. The first-order chi connectivity index (χ1) is 13.1. The van der Waals surface area contributed by atoms with Crippen LogP contribution in [-0.2, 0) is 16.0 Å². The molecule has 2 amide bonds. The zero-order chi connectivity index (χ0) is 20.8. The van der Waals surface area contributed by atoms with Crippen LogP contribution < -0.4 is 10.6 Å². The van der Waals surface area contributed by atoms with Crippen molar-refractivity contribution in [1.29, 1.82) is 0 Å². The molecule has 5 nitrogen and oxygen atoms in total. The molecule has 2 atom stereocenters. The Labute approximate surface area is 169 Å². The zero-order valence-corrected chi connectivity index (χ0v) is 17.8. The van der Waals surface area contributed by atoms with Gasteiger partial charge in [0.15, 0.2) is 0 Å². The van der Waals surface area contributed by atoms with Gasteiger partial charge in [-0.25, -0.2) is 0 Å². The van der Waals surface area contributed by atoms with Crippen LogP contribution in [0.4, 0.5) is 0 Å². The van der Waals surface area contributed by atoms with Crippen LogP contribution in [0.15, 0.2) is 24.3 Å². The molecule has 0 bridgehead atoms. The van der Waals surface area contributed by atoms with Crippen molar-refractivity contribution in [3.8, 4) is 0 Å². The van der Waals surface area contributed by atoms with E-state index in [-0.39, 0.29) is 23.4 Å². The van der Waals surface area contributed by atoms with E-state index in [4.69, 9.17) is 0 Å². The minimum Gasteiger partial charge on any atom is -0.390 e. The number of amides is 2. The van der Waals surface area contributed by atoms with Crippen molar-refractivity contribution in [2.45, 2.75) is 96.2 Å². The zero-order valence-electron chi connectivity index (χ0n) is 17.8. The predicted octanol–water partition coefficient (Wildman–Crippen LogP) is 3.41. The Morgan fingerprint density at radius 1 is 1.32 bits per heavy atom. The molecule has 1 aliphatic heterocycles. The first kappa shape index (κ1) is 22.4. The van der Waals surface area contributed by atoms with Gasteiger partial charge in [-0.2, -0.15) is 0 Å². The summed E-state index contributed by atoms with van der Waals surface area (Å²) < 4.78 is 0. The Kier molecular flexibility index (Phi) is 7.64. The van der Waals surface area contributed by atoms with E-state index in [9.17, 15) is 14.7 Å². The Balaban J connectivity index is 1.85. The molecule has 5 heteroatoms. The number of aryl methyl sites for hydroxylation is 1. The summed E-state index contributed by atoms with van der Waals surface area (Å²) in [5.74, 6) is 0.104. The minimum atomic E-state index is -0.660. The number of carbonyl (C=O) groups excluding carboxylic acids is 2. The minimum absolute atomic E-state index is 0.0280. The summed E-state index contributed by atoms with van der Waals surface area (Å²) in [5.41, 5.74) is 1.42. The molecule has 0 aromatic heterocycles. The van der Waals surface area contributed by atoms with E-state index >= 15 is 0 Å². The summed E-state index contributed by atoms with van der Waals surface area (Å²) in [6.45, 7) is 7.67. The highest BCUT2D eigenvalue weighted by Crippen LogP contribution is 2.29. The van der Waals surface area contributed by atoms with E-state index in [0.717, 1.165) is 32.1 Å². The summed E-state index contributed by atoms with van der Waals surface area (Å²) in [5, 5.41) is 16.0. The summed E-state index contributed by atoms with van der Waals surface area (Å²) in [4.78, 5) is 24.3. The fourth-order valence-corrected chi connectivity index (χ4v) is 3.89. The Morgan fingerprint density at radius 2 is 2.00 bits per heavy atom. The van der Waals surface area contributed by atoms with E-state index in [1.54, 1.807) is 13.8 Å². The number of benzene rings is 1. The topological polar surface area (TPSA) is 78.4 Å². The van der Waals surface area contributed by atoms with E-state index in [2.05, 4.69) is 41.8 Å². The molecule has 1 fully saturated rings. The molecule has 3 N–H and O–H groups in total. The molecule has 1 aliphatic rings. The van der Waals surface area contributed by atoms with E-state index in [0.29, 0.717) is 19.3 Å². The molecule has 1 saturated heterocycles. The van der Waals surface area contributed by atoms with Crippen LogP contribution in [0.25, 0.3) is 0 Å². The normalized spacial score (nSPS) is 20.7. The van der Waals surface area contributed by atoms with Gasteiger partial charge in [-0.1, -0.05) is 29.8 Å². The number of nitrogens with one attached hydrogen (secondary N) is 2. The maximum absolute atomic E-state index is 12.4. The Hall–Kier alpha value is -1.88. The maximum Gasteiger partial charge on any atom is 0.220 e. The van der Waals surface area contributed by atoms with Crippen LogP contribution in [0.2, 0.25) is 0 Å². The molecule has 0 saturated carbocycles. The van der Waals surface area contributed by atoms with Crippen molar-refractivity contribution >= 4 is 11.8 Å². The lowest BCUT2D eigenvalue weighted by Gasteiger charge is -2.29. The molecule has 1 heterocycles. The monoisotopic (exact) mass is 388 g/mol. The predicted molar refractivity (Wildman–Crippen MR) is 112 cm³/mol. The van der Waals surface area contributed by atoms with Gasteiger partial charge in [0, 0.05) is 24.4 Å². The summed E-state index contributed by atoms with van der Waals surface area (Å²) >= 11 is 0. The fraction of sp³-hybridized carbons (Fsp3) is 0.652. The second-order valence-electron chi connectivity index (χ2n) is 9.16. The molecule has 2 rings (SSSR count). The standard InChI is InChI=1S/C23H36N2O3/c1-17-7-9-19(10-8-17)16-23(15-12-21(27)25-23)14-11-20(26)24-18(2)6-5-13-22(3,4)28/h7-10,18,28H,5-6,11-16H2,1-4H3,(H,24,26)(H,25,27)/t18-,23-/m1/s1. The van der Waals surface area contributed by atoms with Gasteiger partial charge in [0.2, 0.25) is 11.8 Å². The van der Waals surface area contributed by atoms with Crippen molar-refractivity contribution in [2.75, 3.05) is 0 Å². The molecular formula is C23H36N2O3. The third-order valence-electron chi connectivity index (χ3n) is 5.56. The largest absolute Gasteiger partial charge is 0.390 e. The molecule has 1 aromatic rings. The highest BCUT2D eigenvalue weighted by Gasteiger charge is 2.37. The van der Waals surface area contributed by atoms with Gasteiger partial charge in [-0.05, 0) is 71.8 Å². The second kappa shape index (κ2) is 9.55. The lowest BCUT2D eigenvalue weighted by molar-refractivity contribution is -0.123. The average Bonchev–Trinajstić information content (AvgIpc) is 2.95. The van der Waals surface area contributed by atoms with Crippen LogP contribution in [0.3, 0.4) is 0 Å². The second-order valence-corrected chi connectivity index (χ2v) is 9.16. The third-order valence-corrected chi connectivity index (χ3v) is 5.56. The van der Waals surface area contributed by atoms with Gasteiger partial charge in [-0.15, -0.1) is 0 Å². The molecule has 0 unspecified atom stereocenters. The molecular weight excluding hydrogens is 352 g/mol. The van der Waals surface area contributed by atoms with Crippen LogP contribution >= 0.6 is 0 Å². The molecule has 28 heavy (non-hydrogen) atoms. The SMILES string of the molecule is Cc1ccc(C[C@@]2(CCC(=O)N[C@H](C)CCCC(C)(C)O)CCC(=O)N2)cc1. The Morgan fingerprint density at radius 3 is 2.57 bits per heavy atom. The van der Waals surface area contributed by atoms with E-state index in [1.165, 1.54) is 11.1 Å². The van der Waals surface area contributed by atoms with Crippen LogP contribution in [-0.4, -0.2) is 34.1 Å². The summed E-state index contributed by atoms with van der Waals surface area (Å²) in [6.07, 6.45) is 5.55. The first-order valence-corrected chi connectivity index (χ1v) is 10.5. The lowest BCUT2D eigenvalue weighted by Crippen LogP contribution is -2.45. The number of hydrogen-bond donors (Lipinski definition) is 3. The maximum atomic E-state index is 12.4. The van der Waals surface area contributed by atoms with E-state index in [1.807, 2.05) is 6.92 Å². The molecule has 156 valence electrons. The first-order valence-electron chi connectivity index (χ1n) is 10.5. The van der Waals surface area contributed by atoms with E-state index < -0.39 is 5.60 Å². The van der Waals surface area contributed by atoms with Crippen LogP contribution in [0.1, 0.15) is 76.8 Å². The fourth-order valence-electron chi connectivity index (χ4n) is 3.89. The van der Waals surface area contributed by atoms with Gasteiger partial charge >= 0.3 is 0 Å². The van der Waals surface area contributed by atoms with Crippen LogP contribution in [0.5, 0.6) is 0 Å². The number of aliphatic hydroxyl groups is 1. The third kappa shape index (κ3) is 7.63. The van der Waals surface area contributed by atoms with Gasteiger partial charge in [0.1, 0.15) is 0 Å². The van der Waals surface area contributed by atoms with Gasteiger partial charge < -0.3 is 15.7 Å². The molecule has 0 radical (unpaired) electrons. The quantitative estimate of drug-likeness (QED) is 0.575. The summed E-state index contributed by atoms with van der Waals surface area (Å²) in [6, 6.07) is 8.46. The molecule has 0 spiro atoms. The molecule has 0 aliphatic carbocycles. The smallest absolute Gasteiger partial charge is 0.220 e. The van der Waals surface area contributed by atoms with Crippen molar-refractivity contribution in [3.63, 3.8) is 0 Å². The van der Waals surface area contributed by atoms with Gasteiger partial charge in [0.25, 0.3) is 0 Å². The number of hydrogen-bond acceptors (Lipinski definition) is 3. The highest BCUT2D eigenvalue weighted by molar-refractivity contribution is 5.80. The van der Waals surface area contributed by atoms with Crippen molar-refractivity contribution in [2.24, 2.45) is 0 Å². The van der Waals surface area contributed by atoms with Crippen LogP contribution in [0, 0.1) is 6.92 Å². The van der Waals surface area contributed by atoms with Crippen molar-refractivity contribution in [1.82, 2.24) is 10.6 Å². The lowest BCUT2D eigenvalue weighted by atomic mass is 9.84. The van der Waals surface area contributed by atoms with Gasteiger partial charge in [-0.3, -0.25) is 9.59 Å². The number of carbonyl (C=O) groups is 2. The Bertz CT molecular complexity index is 663. The average molecular weight is 389 g/mol. The van der Waals surface area contributed by atoms with Crippen molar-refractivity contribution < 1.29 is 14.7 Å².